The maximum atomic E-state index is 14.1. The molecule has 0 spiro atoms. The number of benzene rings is 2. The lowest BCUT2D eigenvalue weighted by Gasteiger charge is -2.34. The van der Waals surface area contributed by atoms with E-state index in [9.17, 15) is 29.4 Å². The number of aliphatic hydroxyl groups excluding tert-OH is 1. The zero-order valence-electron chi connectivity index (χ0n) is 26.3. The molecule has 3 unspecified atom stereocenters. The summed E-state index contributed by atoms with van der Waals surface area (Å²) in [6, 6.07) is 9.80. The number of phenolic OH excluding ortho intramolecular Hbond substituents is 1. The van der Waals surface area contributed by atoms with Crippen molar-refractivity contribution in [3.63, 3.8) is 0 Å². The van der Waals surface area contributed by atoms with Crippen LogP contribution in [0.25, 0.3) is 0 Å². The van der Waals surface area contributed by atoms with E-state index < -0.39 is 59.8 Å². The highest BCUT2D eigenvalue weighted by atomic mass is 16.6. The van der Waals surface area contributed by atoms with Crippen LogP contribution in [0.1, 0.15) is 71.2 Å². The molecule has 3 atom stereocenters. The van der Waals surface area contributed by atoms with E-state index in [0.717, 1.165) is 10.5 Å². The van der Waals surface area contributed by atoms with Gasteiger partial charge in [0.1, 0.15) is 35.1 Å². The highest BCUT2D eigenvalue weighted by Crippen LogP contribution is 2.32. The van der Waals surface area contributed by atoms with Gasteiger partial charge in [-0.2, -0.15) is 0 Å². The fraction of sp³-hybridized carbons (Fsp3) is 0.500. The van der Waals surface area contributed by atoms with Crippen LogP contribution >= 0.6 is 0 Å². The Morgan fingerprint density at radius 3 is 2.00 bits per heavy atom. The van der Waals surface area contributed by atoms with Crippen molar-refractivity contribution in [1.29, 1.82) is 0 Å². The van der Waals surface area contributed by atoms with E-state index in [1.165, 1.54) is 6.07 Å². The molecule has 0 fully saturated rings. The Morgan fingerprint density at radius 1 is 0.860 bits per heavy atom. The third kappa shape index (κ3) is 10.6. The van der Waals surface area contributed by atoms with Crippen LogP contribution in [-0.4, -0.2) is 75.4 Å². The molecule has 2 rings (SSSR count). The molecule has 2 aromatic carbocycles. The Balaban J connectivity index is 2.53. The van der Waals surface area contributed by atoms with Crippen LogP contribution in [0.2, 0.25) is 0 Å². The Labute approximate surface area is 253 Å². The lowest BCUT2D eigenvalue weighted by molar-refractivity contribution is -0.159. The number of nitrogens with zero attached hydrogens (tertiary/aromatic N) is 1. The fourth-order valence-corrected chi connectivity index (χ4v) is 4.32. The van der Waals surface area contributed by atoms with Crippen molar-refractivity contribution in [2.24, 2.45) is 0 Å². The van der Waals surface area contributed by atoms with Gasteiger partial charge in [0, 0.05) is 18.5 Å². The molecule has 0 aromatic heterocycles. The summed E-state index contributed by atoms with van der Waals surface area (Å²) in [5.74, 6) is -2.46. The summed E-state index contributed by atoms with van der Waals surface area (Å²) in [7, 11) is 0. The molecule has 0 aliphatic rings. The molecule has 0 aliphatic carbocycles. The standard InChI is InChI=1S/C32H45N3O8/c1-9-35(28(39)24(19-36)34-30(41)43-32(6,7)8)25(22-17-13-14-20(2)26(22)37)27(38)33-23(29(40)42-31(3,4)5)18-21-15-11-10-12-16-21/h10-17,23-25,36-37H,9,18-19H2,1-8H3,(H,33,38)(H,34,41). The lowest BCUT2D eigenvalue weighted by Crippen LogP contribution is -2.55. The average molecular weight is 600 g/mol. The summed E-state index contributed by atoms with van der Waals surface area (Å²) >= 11 is 0. The number of aromatic hydroxyl groups is 1. The van der Waals surface area contributed by atoms with E-state index in [4.69, 9.17) is 9.47 Å². The number of hydrogen-bond donors (Lipinski definition) is 4. The molecule has 0 aliphatic heterocycles. The Bertz CT molecular complexity index is 1270. The highest BCUT2D eigenvalue weighted by molar-refractivity contribution is 5.94. The number of ether oxygens (including phenoxy) is 2. The summed E-state index contributed by atoms with van der Waals surface area (Å²) < 4.78 is 10.8. The van der Waals surface area contributed by atoms with Crippen molar-refractivity contribution in [2.75, 3.05) is 13.2 Å². The highest BCUT2D eigenvalue weighted by Gasteiger charge is 2.38. The number of carbonyl (C=O) groups excluding carboxylic acids is 4. The molecule has 4 N–H and O–H groups in total. The summed E-state index contributed by atoms with van der Waals surface area (Å²) in [5.41, 5.74) is -0.374. The second-order valence-corrected chi connectivity index (χ2v) is 12.2. The first-order chi connectivity index (χ1) is 20.0. The fourth-order valence-electron chi connectivity index (χ4n) is 4.32. The van der Waals surface area contributed by atoms with E-state index in [2.05, 4.69) is 10.6 Å². The topological polar surface area (TPSA) is 154 Å². The molecule has 0 bridgehead atoms. The second-order valence-electron chi connectivity index (χ2n) is 12.2. The summed E-state index contributed by atoms with van der Waals surface area (Å²) in [6.07, 6.45) is -0.823. The van der Waals surface area contributed by atoms with E-state index in [1.54, 1.807) is 79.7 Å². The van der Waals surface area contributed by atoms with Gasteiger partial charge in [0.25, 0.3) is 0 Å². The molecule has 0 radical (unpaired) electrons. The number of phenols is 1. The quantitative estimate of drug-likeness (QED) is 0.286. The number of nitrogens with one attached hydrogen (secondary N) is 2. The van der Waals surface area contributed by atoms with Gasteiger partial charge in [0.15, 0.2) is 0 Å². The molecule has 11 heteroatoms. The molecular weight excluding hydrogens is 554 g/mol. The third-order valence-corrected chi connectivity index (χ3v) is 6.21. The van der Waals surface area contributed by atoms with Crippen LogP contribution in [0.4, 0.5) is 4.79 Å². The number of alkyl carbamates (subject to hydrolysis) is 1. The van der Waals surface area contributed by atoms with Gasteiger partial charge >= 0.3 is 12.1 Å². The Hall–Kier alpha value is -4.12. The molecule has 3 amide bonds. The third-order valence-electron chi connectivity index (χ3n) is 6.21. The zero-order chi connectivity index (χ0) is 32.5. The van der Waals surface area contributed by atoms with Crippen LogP contribution in [0.3, 0.4) is 0 Å². The molecule has 0 saturated carbocycles. The van der Waals surface area contributed by atoms with E-state index in [-0.39, 0.29) is 24.3 Å². The van der Waals surface area contributed by atoms with Crippen molar-refractivity contribution >= 4 is 23.9 Å². The predicted molar refractivity (Wildman–Crippen MR) is 161 cm³/mol. The van der Waals surface area contributed by atoms with Gasteiger partial charge in [-0.25, -0.2) is 9.59 Å². The number of aliphatic hydroxyl groups is 1. The Morgan fingerprint density at radius 2 is 1.47 bits per heavy atom. The lowest BCUT2D eigenvalue weighted by atomic mass is 9.98. The van der Waals surface area contributed by atoms with Gasteiger partial charge in [-0.15, -0.1) is 0 Å². The zero-order valence-corrected chi connectivity index (χ0v) is 26.3. The first-order valence-corrected chi connectivity index (χ1v) is 14.2. The largest absolute Gasteiger partial charge is 0.507 e. The number of para-hydroxylation sites is 1. The number of likely N-dealkylation sites (N-methyl/N-ethyl adjacent to an activating group) is 1. The normalized spacial score (nSPS) is 13.7. The van der Waals surface area contributed by atoms with Gasteiger partial charge in [0.2, 0.25) is 11.8 Å². The molecule has 0 heterocycles. The van der Waals surface area contributed by atoms with E-state index in [0.29, 0.717) is 5.56 Å². The number of carbonyl (C=O) groups is 4. The van der Waals surface area contributed by atoms with Crippen molar-refractivity contribution < 1.29 is 38.9 Å². The van der Waals surface area contributed by atoms with Crippen LogP contribution in [0.15, 0.2) is 48.5 Å². The smallest absolute Gasteiger partial charge is 0.408 e. The van der Waals surface area contributed by atoms with Crippen LogP contribution in [0, 0.1) is 6.92 Å². The monoisotopic (exact) mass is 599 g/mol. The minimum atomic E-state index is -1.46. The molecule has 0 saturated heterocycles. The number of esters is 1. The summed E-state index contributed by atoms with van der Waals surface area (Å²) in [5, 5.41) is 26.1. The predicted octanol–water partition coefficient (Wildman–Crippen LogP) is 3.55. The van der Waals surface area contributed by atoms with Gasteiger partial charge in [-0.1, -0.05) is 48.5 Å². The minimum absolute atomic E-state index is 0.0490. The molecule has 2 aromatic rings. The van der Waals surface area contributed by atoms with Gasteiger partial charge in [0.05, 0.1) is 6.61 Å². The maximum absolute atomic E-state index is 14.1. The van der Waals surface area contributed by atoms with Crippen molar-refractivity contribution in [3.05, 3.63) is 65.2 Å². The van der Waals surface area contributed by atoms with Crippen molar-refractivity contribution in [1.82, 2.24) is 15.5 Å². The SMILES string of the molecule is CCN(C(=O)C(CO)NC(=O)OC(C)(C)C)C(C(=O)NC(Cc1ccccc1)C(=O)OC(C)(C)C)c1cccc(C)c1O. The maximum Gasteiger partial charge on any atom is 0.408 e. The van der Waals surface area contributed by atoms with E-state index >= 15 is 0 Å². The number of amides is 3. The van der Waals surface area contributed by atoms with Gasteiger partial charge in [-0.05, 0) is 66.5 Å². The number of aryl methyl sites for hydroxylation is 1. The summed E-state index contributed by atoms with van der Waals surface area (Å²) in [6.45, 7) is 12.5. The molecular formula is C32H45N3O8. The van der Waals surface area contributed by atoms with Gasteiger partial charge in [-0.3, -0.25) is 9.59 Å². The second kappa shape index (κ2) is 14.9. The molecule has 236 valence electrons. The van der Waals surface area contributed by atoms with Crippen LogP contribution < -0.4 is 10.6 Å². The van der Waals surface area contributed by atoms with Crippen molar-refractivity contribution in [2.45, 2.75) is 91.1 Å². The summed E-state index contributed by atoms with van der Waals surface area (Å²) in [4.78, 5) is 54.7. The Kier molecular flexibility index (Phi) is 12.1. The van der Waals surface area contributed by atoms with Crippen LogP contribution in [-0.2, 0) is 30.3 Å². The average Bonchev–Trinajstić information content (AvgIpc) is 2.90. The molecule has 43 heavy (non-hydrogen) atoms. The number of hydrogen-bond acceptors (Lipinski definition) is 8. The van der Waals surface area contributed by atoms with Crippen molar-refractivity contribution in [3.8, 4) is 5.75 Å². The minimum Gasteiger partial charge on any atom is -0.507 e. The molecule has 11 nitrogen and oxygen atoms in total. The first kappa shape index (κ1) is 35.1. The van der Waals surface area contributed by atoms with Crippen LogP contribution in [0.5, 0.6) is 5.75 Å². The van der Waals surface area contributed by atoms with E-state index in [1.807, 2.05) is 18.2 Å². The number of rotatable bonds is 11. The van der Waals surface area contributed by atoms with Gasteiger partial charge < -0.3 is 35.2 Å². The first-order valence-electron chi connectivity index (χ1n) is 14.2.